The molecule has 3 nitrogen and oxygen atoms in total. The van der Waals surface area contributed by atoms with Crippen molar-refractivity contribution in [2.75, 3.05) is 12.8 Å². The van der Waals surface area contributed by atoms with Crippen molar-refractivity contribution < 1.29 is 12.8 Å². The van der Waals surface area contributed by atoms with E-state index in [4.69, 9.17) is 0 Å². The molecule has 0 atom stereocenters. The monoisotopic (exact) mass is 337 g/mol. The second kappa shape index (κ2) is 5.67. The molecule has 18 heavy (non-hydrogen) atoms. The van der Waals surface area contributed by atoms with Crippen LogP contribution in [-0.4, -0.2) is 26.0 Å². The van der Waals surface area contributed by atoms with E-state index in [1.165, 1.54) is 12.3 Å². The summed E-state index contributed by atoms with van der Waals surface area (Å²) in [5, 5.41) is 3.07. The summed E-state index contributed by atoms with van der Waals surface area (Å²) < 4.78 is 35.6. The summed E-state index contributed by atoms with van der Waals surface area (Å²) in [7, 11) is -3.10. The number of sulfone groups is 1. The van der Waals surface area contributed by atoms with Gasteiger partial charge in [-0.1, -0.05) is 6.07 Å². The largest absolute Gasteiger partial charge is 0.311 e. The molecule has 0 unspecified atom stereocenters. The lowest BCUT2D eigenvalue weighted by Crippen LogP contribution is -2.41. The fourth-order valence-electron chi connectivity index (χ4n) is 1.29. The van der Waals surface area contributed by atoms with Crippen LogP contribution in [0.25, 0.3) is 0 Å². The Kier molecular flexibility index (Phi) is 4.91. The van der Waals surface area contributed by atoms with Crippen LogP contribution in [0.2, 0.25) is 0 Å². The number of hydrogen-bond acceptors (Lipinski definition) is 3. The van der Waals surface area contributed by atoms with Gasteiger partial charge in [-0.3, -0.25) is 0 Å². The summed E-state index contributed by atoms with van der Waals surface area (Å²) in [6.07, 6.45) is 1.23. The predicted octanol–water partition coefficient (Wildman–Crippen LogP) is 2.50. The van der Waals surface area contributed by atoms with Gasteiger partial charge in [-0.15, -0.1) is 0 Å². The van der Waals surface area contributed by atoms with Gasteiger partial charge >= 0.3 is 0 Å². The molecule has 0 aromatic heterocycles. The first-order valence-corrected chi connectivity index (χ1v) is 8.16. The molecule has 0 radical (unpaired) electrons. The van der Waals surface area contributed by atoms with E-state index in [9.17, 15) is 12.8 Å². The van der Waals surface area contributed by atoms with Crippen LogP contribution in [0, 0.1) is 5.82 Å². The van der Waals surface area contributed by atoms with Gasteiger partial charge < -0.3 is 5.32 Å². The Bertz CT molecular complexity index is 529. The van der Waals surface area contributed by atoms with Gasteiger partial charge in [0.1, 0.15) is 5.82 Å². The molecule has 0 aliphatic heterocycles. The highest BCUT2D eigenvalue weighted by molar-refractivity contribution is 9.10. The third-order valence-electron chi connectivity index (χ3n) is 2.87. The molecule has 1 aromatic carbocycles. The Morgan fingerprint density at radius 3 is 2.50 bits per heavy atom. The second-order valence-electron chi connectivity index (χ2n) is 4.88. The van der Waals surface area contributed by atoms with Gasteiger partial charge in [0.2, 0.25) is 0 Å². The Morgan fingerprint density at radius 2 is 2.00 bits per heavy atom. The number of benzene rings is 1. The number of nitrogens with one attached hydrogen (secondary N) is 1. The van der Waals surface area contributed by atoms with E-state index < -0.39 is 14.6 Å². The highest BCUT2D eigenvalue weighted by Crippen LogP contribution is 2.17. The van der Waals surface area contributed by atoms with Crippen molar-refractivity contribution in [1.82, 2.24) is 5.32 Å². The van der Waals surface area contributed by atoms with E-state index >= 15 is 0 Å². The molecule has 102 valence electrons. The van der Waals surface area contributed by atoms with Gasteiger partial charge in [0.15, 0.2) is 9.84 Å². The van der Waals surface area contributed by atoms with Crippen molar-refractivity contribution in [1.29, 1.82) is 0 Å². The van der Waals surface area contributed by atoms with Crippen LogP contribution in [0.4, 0.5) is 4.39 Å². The lowest BCUT2D eigenvalue weighted by atomic mass is 10.2. The second-order valence-corrected chi connectivity index (χ2v) is 8.39. The number of halogens is 2. The third-order valence-corrected chi connectivity index (χ3v) is 5.63. The first-order valence-electron chi connectivity index (χ1n) is 5.48. The van der Waals surface area contributed by atoms with Crippen molar-refractivity contribution in [3.05, 3.63) is 34.1 Å². The molecule has 0 bridgehead atoms. The average molecular weight is 338 g/mol. The minimum absolute atomic E-state index is 0.310. The van der Waals surface area contributed by atoms with Gasteiger partial charge in [-0.25, -0.2) is 12.8 Å². The van der Waals surface area contributed by atoms with Crippen molar-refractivity contribution in [2.24, 2.45) is 0 Å². The van der Waals surface area contributed by atoms with Crippen LogP contribution in [-0.2, 0) is 16.4 Å². The quantitative estimate of drug-likeness (QED) is 0.897. The Balaban J connectivity index is 2.60. The van der Waals surface area contributed by atoms with Gasteiger partial charge in [0.25, 0.3) is 0 Å². The van der Waals surface area contributed by atoms with E-state index in [-0.39, 0.29) is 5.82 Å². The molecule has 1 rings (SSSR count). The number of hydrogen-bond donors (Lipinski definition) is 1. The van der Waals surface area contributed by atoms with E-state index in [0.717, 1.165) is 5.56 Å². The first kappa shape index (κ1) is 15.6. The normalized spacial score (nSPS) is 12.7. The smallest absolute Gasteiger partial charge is 0.153 e. The summed E-state index contributed by atoms with van der Waals surface area (Å²) in [6, 6.07) is 4.72. The maximum Gasteiger partial charge on any atom is 0.153 e. The van der Waals surface area contributed by atoms with E-state index in [0.29, 0.717) is 17.6 Å². The van der Waals surface area contributed by atoms with Crippen LogP contribution >= 0.6 is 15.9 Å². The van der Waals surface area contributed by atoms with Crippen LogP contribution < -0.4 is 5.32 Å². The topological polar surface area (TPSA) is 46.2 Å². The fraction of sp³-hybridized carbons (Fsp3) is 0.500. The van der Waals surface area contributed by atoms with Crippen molar-refractivity contribution >= 4 is 25.8 Å². The minimum Gasteiger partial charge on any atom is -0.311 e. The Labute approximate surface area is 116 Å². The van der Waals surface area contributed by atoms with Crippen molar-refractivity contribution in [2.45, 2.75) is 25.1 Å². The zero-order valence-electron chi connectivity index (χ0n) is 10.6. The van der Waals surface area contributed by atoms with Gasteiger partial charge in [0.05, 0.1) is 9.22 Å². The third kappa shape index (κ3) is 4.03. The minimum atomic E-state index is -3.10. The molecule has 0 heterocycles. The van der Waals surface area contributed by atoms with Crippen LogP contribution in [0.5, 0.6) is 0 Å². The summed E-state index contributed by atoms with van der Waals surface area (Å²) >= 11 is 3.11. The van der Waals surface area contributed by atoms with Gasteiger partial charge in [-0.05, 0) is 47.5 Å². The summed E-state index contributed by atoms with van der Waals surface area (Å²) in [5.41, 5.74) is 0.896. The Hall–Kier alpha value is -0.460. The average Bonchev–Trinajstić information content (AvgIpc) is 2.21. The molecular formula is C12H17BrFNO2S. The van der Waals surface area contributed by atoms with E-state index in [2.05, 4.69) is 21.2 Å². The standard InChI is InChI=1S/C12H17BrFNO2S/c1-12(2,18(3,16)17)8-15-7-9-4-5-11(14)10(13)6-9/h4-6,15H,7-8H2,1-3H3. The highest BCUT2D eigenvalue weighted by Gasteiger charge is 2.29. The van der Waals surface area contributed by atoms with E-state index in [1.807, 2.05) is 0 Å². The Morgan fingerprint density at radius 1 is 1.39 bits per heavy atom. The zero-order chi connectivity index (χ0) is 14.0. The zero-order valence-corrected chi connectivity index (χ0v) is 13.0. The molecule has 6 heteroatoms. The van der Waals surface area contributed by atoms with Crippen molar-refractivity contribution in [3.63, 3.8) is 0 Å². The molecule has 0 saturated carbocycles. The molecule has 0 aliphatic carbocycles. The summed E-state index contributed by atoms with van der Waals surface area (Å²) in [4.78, 5) is 0. The molecular weight excluding hydrogens is 321 g/mol. The highest BCUT2D eigenvalue weighted by atomic mass is 79.9. The summed E-state index contributed by atoms with van der Waals surface area (Å²) in [5.74, 6) is -0.310. The lowest BCUT2D eigenvalue weighted by Gasteiger charge is -2.22. The molecule has 0 saturated heterocycles. The van der Waals surface area contributed by atoms with Crippen molar-refractivity contribution in [3.8, 4) is 0 Å². The molecule has 1 N–H and O–H groups in total. The lowest BCUT2D eigenvalue weighted by molar-refractivity contribution is 0.521. The van der Waals surface area contributed by atoms with E-state index in [1.54, 1.807) is 26.0 Å². The molecule has 0 fully saturated rings. The maximum absolute atomic E-state index is 13.0. The molecule has 0 amide bonds. The maximum atomic E-state index is 13.0. The van der Waals surface area contributed by atoms with Gasteiger partial charge in [0, 0.05) is 19.3 Å². The first-order chi connectivity index (χ1) is 8.13. The van der Waals surface area contributed by atoms with Crippen LogP contribution in [0.15, 0.2) is 22.7 Å². The van der Waals surface area contributed by atoms with Crippen LogP contribution in [0.3, 0.4) is 0 Å². The predicted molar refractivity (Wildman–Crippen MR) is 74.7 cm³/mol. The fourth-order valence-corrected chi connectivity index (χ4v) is 2.08. The molecule has 0 spiro atoms. The van der Waals surface area contributed by atoms with Crippen LogP contribution in [0.1, 0.15) is 19.4 Å². The molecule has 0 aliphatic rings. The molecule has 1 aromatic rings. The summed E-state index contributed by atoms with van der Waals surface area (Å²) in [6.45, 7) is 4.20. The SMILES string of the molecule is CC(C)(CNCc1ccc(F)c(Br)c1)S(C)(=O)=O. The van der Waals surface area contributed by atoms with Gasteiger partial charge in [-0.2, -0.15) is 0 Å². The number of rotatable bonds is 5.